The summed E-state index contributed by atoms with van der Waals surface area (Å²) in [5.41, 5.74) is 0. The number of halogens is 3. The zero-order valence-corrected chi connectivity index (χ0v) is 11.6. The molecule has 1 fully saturated rings. The molecule has 0 bridgehead atoms. The van der Waals surface area contributed by atoms with Crippen molar-refractivity contribution in [1.82, 2.24) is 0 Å². The van der Waals surface area contributed by atoms with E-state index in [0.29, 0.717) is 6.42 Å². The first kappa shape index (κ1) is 14.9. The smallest absolute Gasteiger partial charge is 0.265 e. The number of ether oxygens (including phenoxy) is 2. The van der Waals surface area contributed by atoms with Gasteiger partial charge in [-0.15, -0.1) is 12.3 Å². The molecule has 0 radical (unpaired) electrons. The van der Waals surface area contributed by atoms with Gasteiger partial charge in [0.05, 0.1) is 6.10 Å². The molecule has 0 aliphatic carbocycles. The Morgan fingerprint density at radius 3 is 2.71 bits per heavy atom. The number of hydrogen-bond donors (Lipinski definition) is 1. The Morgan fingerprint density at radius 2 is 2.24 bits per heavy atom. The largest absolute Gasteiger partial charge is 0.471 e. The topological polar surface area (TPSA) is 45.6 Å². The predicted octanol–water partition coefficient (Wildman–Crippen LogP) is 3.31. The molecular weight excluding hydrogens is 284 g/mol. The maximum Gasteiger partial charge on any atom is 0.265 e. The van der Waals surface area contributed by atoms with Gasteiger partial charge in [-0.25, -0.2) is 0 Å². The van der Waals surface area contributed by atoms with Crippen LogP contribution in [0.1, 0.15) is 26.2 Å². The number of rotatable bonds is 5. The van der Waals surface area contributed by atoms with Crippen molar-refractivity contribution >= 4 is 40.7 Å². The van der Waals surface area contributed by atoms with Gasteiger partial charge in [-0.2, -0.15) is 0 Å². The molecule has 1 heterocycles. The lowest BCUT2D eigenvalue weighted by atomic mass is 10.1. The van der Waals surface area contributed by atoms with Crippen LogP contribution >= 0.6 is 34.8 Å². The average Bonchev–Trinajstić information content (AvgIpc) is 2.95. The fraction of sp³-hybridized carbons (Fsp3) is 0.727. The molecule has 3 nitrogen and oxygen atoms in total. The minimum absolute atomic E-state index is 0.0984. The van der Waals surface area contributed by atoms with Gasteiger partial charge in [-0.3, -0.25) is 5.41 Å². The van der Waals surface area contributed by atoms with E-state index in [4.69, 9.17) is 56.1 Å². The SMILES string of the molecule is C#CC[C@H](OC(=N)C(Cl)(Cl)Cl)[C@H]1O[C@@H]1CCC. The van der Waals surface area contributed by atoms with Crippen molar-refractivity contribution < 1.29 is 9.47 Å². The summed E-state index contributed by atoms with van der Waals surface area (Å²) in [6.45, 7) is 2.07. The van der Waals surface area contributed by atoms with E-state index in [1.807, 2.05) is 0 Å². The highest BCUT2D eigenvalue weighted by molar-refractivity contribution is 6.76. The lowest BCUT2D eigenvalue weighted by Crippen LogP contribution is -2.31. The molecule has 0 amide bonds. The highest BCUT2D eigenvalue weighted by Crippen LogP contribution is 2.35. The van der Waals surface area contributed by atoms with Gasteiger partial charge in [0.2, 0.25) is 5.90 Å². The second-order valence-electron chi connectivity index (χ2n) is 3.82. The number of alkyl halides is 3. The van der Waals surface area contributed by atoms with E-state index in [1.54, 1.807) is 0 Å². The van der Waals surface area contributed by atoms with E-state index in [2.05, 4.69) is 12.8 Å². The summed E-state index contributed by atoms with van der Waals surface area (Å²) in [5.74, 6) is 2.05. The molecular formula is C11H14Cl3NO2. The molecule has 0 saturated carbocycles. The molecule has 0 aromatic rings. The van der Waals surface area contributed by atoms with Gasteiger partial charge in [0.15, 0.2) is 0 Å². The Morgan fingerprint density at radius 1 is 1.59 bits per heavy atom. The van der Waals surface area contributed by atoms with E-state index in [9.17, 15) is 0 Å². The standard InChI is InChI=1S/C11H14Cl3NO2/c1-3-5-7-9(16-7)8(6-4-2)17-10(15)11(12,13)14/h2,7-9,15H,3,5-6H2,1H3/t7-,8+,9+/m1/s1. The Labute approximate surface area is 116 Å². The molecule has 0 spiro atoms. The summed E-state index contributed by atoms with van der Waals surface area (Å²) in [5, 5.41) is 7.50. The van der Waals surface area contributed by atoms with Gasteiger partial charge in [0, 0.05) is 6.42 Å². The van der Waals surface area contributed by atoms with Crippen LogP contribution in [0, 0.1) is 17.8 Å². The number of epoxide rings is 1. The van der Waals surface area contributed by atoms with E-state index in [0.717, 1.165) is 12.8 Å². The molecule has 0 unspecified atom stereocenters. The van der Waals surface area contributed by atoms with Crippen LogP contribution in [0.4, 0.5) is 0 Å². The van der Waals surface area contributed by atoms with Crippen molar-refractivity contribution in [3.63, 3.8) is 0 Å². The van der Waals surface area contributed by atoms with Crippen molar-refractivity contribution in [2.24, 2.45) is 0 Å². The number of terminal acetylenes is 1. The van der Waals surface area contributed by atoms with Crippen molar-refractivity contribution in [1.29, 1.82) is 5.41 Å². The van der Waals surface area contributed by atoms with Crippen molar-refractivity contribution in [2.45, 2.75) is 48.3 Å². The van der Waals surface area contributed by atoms with Crippen molar-refractivity contribution in [3.8, 4) is 12.3 Å². The second-order valence-corrected chi connectivity index (χ2v) is 6.10. The lowest BCUT2D eigenvalue weighted by molar-refractivity contribution is 0.147. The monoisotopic (exact) mass is 297 g/mol. The fourth-order valence-electron chi connectivity index (χ4n) is 1.56. The van der Waals surface area contributed by atoms with E-state index >= 15 is 0 Å². The van der Waals surface area contributed by atoms with Gasteiger partial charge in [-0.1, -0.05) is 48.1 Å². The third-order valence-corrected chi connectivity index (χ3v) is 2.92. The van der Waals surface area contributed by atoms with Crippen LogP contribution in [0.5, 0.6) is 0 Å². The Hall–Kier alpha value is -0.140. The van der Waals surface area contributed by atoms with E-state index in [1.165, 1.54) is 0 Å². The third-order valence-electron chi connectivity index (χ3n) is 2.41. The first-order valence-corrected chi connectivity index (χ1v) is 6.44. The summed E-state index contributed by atoms with van der Waals surface area (Å²) in [4.78, 5) is 0. The molecule has 1 aliphatic rings. The normalized spacial score (nSPS) is 24.9. The minimum atomic E-state index is -1.86. The molecule has 6 heteroatoms. The first-order chi connectivity index (χ1) is 7.90. The zero-order valence-electron chi connectivity index (χ0n) is 9.38. The van der Waals surface area contributed by atoms with Gasteiger partial charge >= 0.3 is 0 Å². The molecule has 1 saturated heterocycles. The maximum atomic E-state index is 7.50. The van der Waals surface area contributed by atoms with Crippen LogP contribution < -0.4 is 0 Å². The van der Waals surface area contributed by atoms with E-state index < -0.39 is 15.8 Å². The van der Waals surface area contributed by atoms with Gasteiger partial charge in [0.25, 0.3) is 3.79 Å². The molecule has 1 N–H and O–H groups in total. The maximum absolute atomic E-state index is 7.50. The predicted molar refractivity (Wildman–Crippen MR) is 69.9 cm³/mol. The average molecular weight is 299 g/mol. The minimum Gasteiger partial charge on any atom is -0.471 e. The molecule has 17 heavy (non-hydrogen) atoms. The zero-order chi connectivity index (χ0) is 13.1. The summed E-state index contributed by atoms with van der Waals surface area (Å²) in [6, 6.07) is 0. The van der Waals surface area contributed by atoms with Crippen molar-refractivity contribution in [2.75, 3.05) is 0 Å². The third kappa shape index (κ3) is 4.56. The molecule has 0 aromatic heterocycles. The summed E-state index contributed by atoms with van der Waals surface area (Å²) in [7, 11) is 0. The molecule has 96 valence electrons. The van der Waals surface area contributed by atoms with Crippen LogP contribution in [0.2, 0.25) is 0 Å². The van der Waals surface area contributed by atoms with Crippen LogP contribution in [-0.2, 0) is 9.47 Å². The quantitative estimate of drug-likeness (QED) is 0.278. The molecule has 1 rings (SSSR count). The summed E-state index contributed by atoms with van der Waals surface area (Å²) in [6.07, 6.45) is 7.16. The molecule has 3 atom stereocenters. The van der Waals surface area contributed by atoms with Crippen LogP contribution in [-0.4, -0.2) is 28.0 Å². The van der Waals surface area contributed by atoms with Gasteiger partial charge in [-0.05, 0) is 6.42 Å². The Kier molecular flexibility index (Phi) is 5.40. The Bertz CT molecular complexity index is 322. The lowest BCUT2D eigenvalue weighted by Gasteiger charge is -2.19. The van der Waals surface area contributed by atoms with Crippen molar-refractivity contribution in [3.05, 3.63) is 0 Å². The summed E-state index contributed by atoms with van der Waals surface area (Å²) >= 11 is 16.6. The van der Waals surface area contributed by atoms with Crippen LogP contribution in [0.3, 0.4) is 0 Å². The van der Waals surface area contributed by atoms with Gasteiger partial charge < -0.3 is 9.47 Å². The number of hydrogen-bond acceptors (Lipinski definition) is 3. The molecule has 1 aliphatic heterocycles. The van der Waals surface area contributed by atoms with Crippen LogP contribution in [0.25, 0.3) is 0 Å². The second kappa shape index (κ2) is 6.15. The highest BCUT2D eigenvalue weighted by atomic mass is 35.6. The van der Waals surface area contributed by atoms with Crippen LogP contribution in [0.15, 0.2) is 0 Å². The van der Waals surface area contributed by atoms with Gasteiger partial charge in [0.1, 0.15) is 12.2 Å². The highest BCUT2D eigenvalue weighted by Gasteiger charge is 2.46. The Balaban J connectivity index is 2.51. The number of nitrogens with one attached hydrogen (secondary N) is 1. The molecule has 0 aromatic carbocycles. The summed E-state index contributed by atoms with van der Waals surface area (Å²) < 4.78 is 8.86. The fourth-order valence-corrected chi connectivity index (χ4v) is 1.69. The van der Waals surface area contributed by atoms with E-state index in [-0.39, 0.29) is 12.2 Å². The first-order valence-electron chi connectivity index (χ1n) is 5.31.